The van der Waals surface area contributed by atoms with Gasteiger partial charge in [0.15, 0.2) is 0 Å². The summed E-state index contributed by atoms with van der Waals surface area (Å²) < 4.78 is 11.4. The van der Waals surface area contributed by atoms with Gasteiger partial charge < -0.3 is 10.2 Å². The molecule has 3 atom stereocenters. The van der Waals surface area contributed by atoms with Gasteiger partial charge in [0, 0.05) is 13.2 Å². The molecule has 0 aliphatic rings. The largest absolute Gasteiger partial charge is 0.354 e. The third-order valence-electron chi connectivity index (χ3n) is 3.16. The molecule has 0 fully saturated rings. The van der Waals surface area contributed by atoms with Crippen molar-refractivity contribution in [1.82, 2.24) is 10.4 Å². The normalized spacial score (nSPS) is 18.2. The van der Waals surface area contributed by atoms with Gasteiger partial charge in [0.25, 0.3) is 7.52 Å². The van der Waals surface area contributed by atoms with Crippen LogP contribution >= 0.6 is 7.52 Å². The molecular weight excluding hydrogens is 263 g/mol. The second kappa shape index (κ2) is 8.03. The molecule has 19 heavy (non-hydrogen) atoms. The molecule has 0 aromatic rings. The summed E-state index contributed by atoms with van der Waals surface area (Å²) in [6, 6.07) is -0.611. The monoisotopic (exact) mass is 292 g/mol. The molecule has 0 aromatic carbocycles. The molecule has 0 spiro atoms. The number of hydrogen-bond acceptors (Lipinski definition) is 2. The average Bonchev–Trinajstić information content (AvgIpc) is 2.21. The summed E-state index contributed by atoms with van der Waals surface area (Å²) in [5, 5.41) is 5.40. The van der Waals surface area contributed by atoms with E-state index in [-0.39, 0.29) is 11.8 Å². The minimum Gasteiger partial charge on any atom is -0.354 e. The Kier molecular flexibility index (Phi) is 7.87. The van der Waals surface area contributed by atoms with E-state index >= 15 is 0 Å². The van der Waals surface area contributed by atoms with Crippen molar-refractivity contribution in [1.29, 1.82) is 0 Å². The predicted octanol–water partition coefficient (Wildman–Crippen LogP) is 2.21. The molecule has 114 valence electrons. The maximum atomic E-state index is 12.1. The molecule has 0 aliphatic carbocycles. The van der Waals surface area contributed by atoms with E-state index in [2.05, 4.69) is 31.2 Å². The van der Waals surface area contributed by atoms with E-state index in [1.165, 1.54) is 6.66 Å². The van der Waals surface area contributed by atoms with Crippen LogP contribution in [-0.2, 0) is 9.36 Å². The highest BCUT2D eigenvalue weighted by molar-refractivity contribution is 7.55. The van der Waals surface area contributed by atoms with E-state index in [1.807, 2.05) is 13.8 Å². The highest BCUT2D eigenvalue weighted by Gasteiger charge is 2.25. The predicted molar refractivity (Wildman–Crippen MR) is 79.1 cm³/mol. The summed E-state index contributed by atoms with van der Waals surface area (Å²) in [5.74, 6) is 0.952. The Hall–Kier alpha value is -0.380. The molecule has 0 aliphatic heterocycles. The first kappa shape index (κ1) is 18.6. The van der Waals surface area contributed by atoms with E-state index in [0.29, 0.717) is 24.8 Å². The fourth-order valence-corrected chi connectivity index (χ4v) is 2.40. The van der Waals surface area contributed by atoms with Crippen LogP contribution in [0.15, 0.2) is 0 Å². The quantitative estimate of drug-likeness (QED) is 0.599. The Morgan fingerprint density at radius 2 is 1.74 bits per heavy atom. The molecule has 0 aromatic heterocycles. The first-order valence-corrected chi connectivity index (χ1v) is 8.99. The molecule has 3 N–H and O–H groups in total. The number of amides is 1. The summed E-state index contributed by atoms with van der Waals surface area (Å²) in [4.78, 5) is 21.5. The molecule has 1 amide bonds. The lowest BCUT2D eigenvalue weighted by molar-refractivity contribution is -0.123. The Balaban J connectivity index is 4.50. The molecule has 0 rings (SSSR count). The van der Waals surface area contributed by atoms with Crippen LogP contribution in [0, 0.1) is 17.8 Å². The van der Waals surface area contributed by atoms with Crippen LogP contribution < -0.4 is 10.4 Å². The Morgan fingerprint density at radius 1 is 1.21 bits per heavy atom. The van der Waals surface area contributed by atoms with Crippen LogP contribution in [-0.4, -0.2) is 30.1 Å². The summed E-state index contributed by atoms with van der Waals surface area (Å²) in [6.07, 6.45) is 0.542. The number of hydrogen-bond donors (Lipinski definition) is 3. The van der Waals surface area contributed by atoms with Crippen LogP contribution in [0.3, 0.4) is 0 Å². The van der Waals surface area contributed by atoms with E-state index < -0.39 is 13.6 Å². The molecule has 0 heterocycles. The van der Waals surface area contributed by atoms with Gasteiger partial charge in [0.05, 0.1) is 6.04 Å². The van der Waals surface area contributed by atoms with Crippen molar-refractivity contribution in [2.24, 2.45) is 17.8 Å². The summed E-state index contributed by atoms with van der Waals surface area (Å²) in [6.45, 7) is 12.1. The first-order valence-electron chi connectivity index (χ1n) is 6.88. The minimum atomic E-state index is -3.41. The lowest BCUT2D eigenvalue weighted by atomic mass is 9.98. The van der Waals surface area contributed by atoms with Crippen molar-refractivity contribution >= 4 is 13.4 Å². The first-order chi connectivity index (χ1) is 8.53. The molecule has 6 heteroatoms. The van der Waals surface area contributed by atoms with Crippen LogP contribution in [0.4, 0.5) is 0 Å². The van der Waals surface area contributed by atoms with Gasteiger partial charge in [-0.1, -0.05) is 34.6 Å². The lowest BCUT2D eigenvalue weighted by Crippen LogP contribution is -2.45. The zero-order chi connectivity index (χ0) is 15.2. The van der Waals surface area contributed by atoms with Crippen molar-refractivity contribution in [2.45, 2.75) is 47.1 Å². The second-order valence-corrected chi connectivity index (χ2v) is 8.17. The minimum absolute atomic E-state index is 0.197. The number of rotatable bonds is 8. The molecule has 0 bridgehead atoms. The number of carbonyl (C=O) groups is 1. The van der Waals surface area contributed by atoms with Gasteiger partial charge in [-0.3, -0.25) is 9.36 Å². The van der Waals surface area contributed by atoms with E-state index in [1.54, 1.807) is 0 Å². The molecule has 0 saturated carbocycles. The summed E-state index contributed by atoms with van der Waals surface area (Å²) >= 11 is 0. The molecule has 0 saturated heterocycles. The summed E-state index contributed by atoms with van der Waals surface area (Å²) in [7, 11) is -3.41. The van der Waals surface area contributed by atoms with E-state index in [4.69, 9.17) is 0 Å². The molecular formula is C13H29N2O3P. The van der Waals surface area contributed by atoms with Crippen LogP contribution in [0.2, 0.25) is 0 Å². The van der Waals surface area contributed by atoms with Crippen molar-refractivity contribution in [2.75, 3.05) is 13.2 Å². The highest BCUT2D eigenvalue weighted by atomic mass is 31.2. The third kappa shape index (κ3) is 9.20. The zero-order valence-electron chi connectivity index (χ0n) is 12.9. The SMILES string of the molecule is CC(C)C[C@H](NP(C)(=O)O)C(=O)NC[C@@H](C)C(C)C. The third-order valence-corrected chi connectivity index (χ3v) is 3.95. The highest BCUT2D eigenvalue weighted by Crippen LogP contribution is 2.31. The molecule has 5 nitrogen and oxygen atoms in total. The van der Waals surface area contributed by atoms with Gasteiger partial charge in [-0.15, -0.1) is 0 Å². The van der Waals surface area contributed by atoms with Gasteiger partial charge in [0.1, 0.15) is 0 Å². The van der Waals surface area contributed by atoms with Crippen molar-refractivity contribution in [3.8, 4) is 0 Å². The molecule has 1 unspecified atom stereocenters. The smallest absolute Gasteiger partial charge is 0.264 e. The molecule has 0 radical (unpaired) electrons. The number of carbonyl (C=O) groups excluding carboxylic acids is 1. The Labute approximate surface area is 117 Å². The van der Waals surface area contributed by atoms with Gasteiger partial charge >= 0.3 is 0 Å². The zero-order valence-corrected chi connectivity index (χ0v) is 13.8. The summed E-state index contributed by atoms with van der Waals surface area (Å²) in [5.41, 5.74) is 0. The maximum absolute atomic E-state index is 12.1. The van der Waals surface area contributed by atoms with Gasteiger partial charge in [0.2, 0.25) is 5.91 Å². The maximum Gasteiger partial charge on any atom is 0.264 e. The van der Waals surface area contributed by atoms with Crippen molar-refractivity contribution < 1.29 is 14.3 Å². The topological polar surface area (TPSA) is 78.4 Å². The van der Waals surface area contributed by atoms with Gasteiger partial charge in [-0.2, -0.15) is 0 Å². The van der Waals surface area contributed by atoms with E-state index in [9.17, 15) is 14.3 Å². The van der Waals surface area contributed by atoms with Crippen LogP contribution in [0.25, 0.3) is 0 Å². The Morgan fingerprint density at radius 3 is 2.11 bits per heavy atom. The number of nitrogens with one attached hydrogen (secondary N) is 2. The second-order valence-electron chi connectivity index (χ2n) is 6.16. The van der Waals surface area contributed by atoms with Crippen molar-refractivity contribution in [3.63, 3.8) is 0 Å². The van der Waals surface area contributed by atoms with Gasteiger partial charge in [-0.05, 0) is 24.2 Å². The lowest BCUT2D eigenvalue weighted by Gasteiger charge is -2.23. The van der Waals surface area contributed by atoms with Crippen LogP contribution in [0.5, 0.6) is 0 Å². The average molecular weight is 292 g/mol. The fraction of sp³-hybridized carbons (Fsp3) is 0.923. The van der Waals surface area contributed by atoms with Gasteiger partial charge in [-0.25, -0.2) is 5.09 Å². The standard InChI is InChI=1S/C13H29N2O3P/c1-9(2)7-12(15-19(6,17)18)13(16)14-8-11(5)10(3)4/h9-12H,7-8H2,1-6H3,(H,14,16)(H2,15,17,18)/t11-,12+/m1/s1. The van der Waals surface area contributed by atoms with Crippen LogP contribution in [0.1, 0.15) is 41.0 Å². The van der Waals surface area contributed by atoms with Crippen molar-refractivity contribution in [3.05, 3.63) is 0 Å². The van der Waals surface area contributed by atoms with E-state index in [0.717, 1.165) is 0 Å². The Bertz CT molecular complexity index is 326. The fourth-order valence-electron chi connectivity index (χ4n) is 1.60.